The average Bonchev–Trinajstić information content (AvgIpc) is 2.68. The molecule has 0 saturated heterocycles. The molecule has 2 aromatic heterocycles. The lowest BCUT2D eigenvalue weighted by atomic mass is 10.2. The van der Waals surface area contributed by atoms with E-state index in [-0.39, 0.29) is 18.0 Å². The number of urea groups is 1. The maximum atomic E-state index is 11.9. The Morgan fingerprint density at radius 1 is 0.960 bits per heavy atom. The topological polar surface area (TPSA) is 102 Å². The minimum Gasteiger partial charge on any atom is -0.467 e. The zero-order chi connectivity index (χ0) is 17.5. The van der Waals surface area contributed by atoms with Crippen LogP contribution in [0.3, 0.4) is 0 Å². The minimum atomic E-state index is -0.371. The maximum Gasteiger partial charge on any atom is 0.321 e. The van der Waals surface area contributed by atoms with Crippen LogP contribution in [-0.2, 0) is 6.54 Å². The number of aromatic nitrogens is 4. The third-order valence-corrected chi connectivity index (χ3v) is 3.32. The molecule has 0 aliphatic rings. The van der Waals surface area contributed by atoms with Gasteiger partial charge in [-0.3, -0.25) is 5.32 Å². The predicted molar refractivity (Wildman–Crippen MR) is 91.9 cm³/mol. The molecule has 0 radical (unpaired) electrons. The molecule has 2 N–H and O–H groups in total. The third kappa shape index (κ3) is 4.47. The van der Waals surface area contributed by atoms with Crippen molar-refractivity contribution in [3.63, 3.8) is 0 Å². The standard InChI is InChI=1S/C17H16N6O2/c1-25-17-21-10-14(11-22-17)13-8-18-15(19-9-13)23-16(24)20-7-12-5-3-2-4-6-12/h2-6,8-11H,7H2,1H3,(H2,18,19,20,23,24). The summed E-state index contributed by atoms with van der Waals surface area (Å²) in [5, 5.41) is 5.33. The molecule has 0 atom stereocenters. The van der Waals surface area contributed by atoms with E-state index in [9.17, 15) is 4.79 Å². The molecule has 0 aliphatic carbocycles. The van der Waals surface area contributed by atoms with Gasteiger partial charge in [0.15, 0.2) is 0 Å². The largest absolute Gasteiger partial charge is 0.467 e. The Morgan fingerprint density at radius 3 is 2.16 bits per heavy atom. The van der Waals surface area contributed by atoms with Gasteiger partial charge in [-0.25, -0.2) is 24.7 Å². The Morgan fingerprint density at radius 2 is 1.56 bits per heavy atom. The molecule has 126 valence electrons. The molecular formula is C17H16N6O2. The van der Waals surface area contributed by atoms with Gasteiger partial charge in [-0.1, -0.05) is 30.3 Å². The van der Waals surface area contributed by atoms with Crippen LogP contribution in [0.2, 0.25) is 0 Å². The van der Waals surface area contributed by atoms with Crippen LogP contribution < -0.4 is 15.4 Å². The molecule has 0 bridgehead atoms. The molecule has 0 saturated carbocycles. The number of amides is 2. The summed E-state index contributed by atoms with van der Waals surface area (Å²) in [6.07, 6.45) is 6.41. The summed E-state index contributed by atoms with van der Waals surface area (Å²) in [7, 11) is 1.50. The number of methoxy groups -OCH3 is 1. The summed E-state index contributed by atoms with van der Waals surface area (Å²) in [5.41, 5.74) is 2.49. The molecule has 8 nitrogen and oxygen atoms in total. The molecule has 3 rings (SSSR count). The molecule has 2 heterocycles. The number of hydrogen-bond donors (Lipinski definition) is 2. The van der Waals surface area contributed by atoms with Crippen LogP contribution in [0, 0.1) is 0 Å². The highest BCUT2D eigenvalue weighted by Gasteiger charge is 2.06. The minimum absolute atomic E-state index is 0.212. The van der Waals surface area contributed by atoms with Crippen LogP contribution in [-0.4, -0.2) is 33.1 Å². The summed E-state index contributed by atoms with van der Waals surface area (Å²) >= 11 is 0. The molecule has 0 unspecified atom stereocenters. The van der Waals surface area contributed by atoms with E-state index in [1.54, 1.807) is 24.8 Å². The molecule has 1 aromatic carbocycles. The van der Waals surface area contributed by atoms with Gasteiger partial charge in [0.1, 0.15) is 0 Å². The van der Waals surface area contributed by atoms with Crippen molar-refractivity contribution in [3.8, 4) is 17.1 Å². The van der Waals surface area contributed by atoms with E-state index < -0.39 is 0 Å². The molecule has 25 heavy (non-hydrogen) atoms. The summed E-state index contributed by atoms with van der Waals surface area (Å²) in [6.45, 7) is 0.425. The van der Waals surface area contributed by atoms with Gasteiger partial charge in [0.2, 0.25) is 5.95 Å². The fourth-order valence-electron chi connectivity index (χ4n) is 2.04. The number of ether oxygens (including phenoxy) is 1. The van der Waals surface area contributed by atoms with E-state index in [1.165, 1.54) is 7.11 Å². The molecular weight excluding hydrogens is 320 g/mol. The van der Waals surface area contributed by atoms with E-state index in [1.807, 2.05) is 30.3 Å². The van der Waals surface area contributed by atoms with Crippen molar-refractivity contribution in [1.29, 1.82) is 0 Å². The van der Waals surface area contributed by atoms with Gasteiger partial charge in [0.05, 0.1) is 7.11 Å². The van der Waals surface area contributed by atoms with Crippen molar-refractivity contribution < 1.29 is 9.53 Å². The lowest BCUT2D eigenvalue weighted by Gasteiger charge is -2.07. The Labute approximate surface area is 144 Å². The zero-order valence-corrected chi connectivity index (χ0v) is 13.5. The summed E-state index contributed by atoms with van der Waals surface area (Å²) in [6, 6.07) is 9.54. The Hall–Kier alpha value is -3.55. The molecule has 0 spiro atoms. The number of rotatable bonds is 5. The number of anilines is 1. The van der Waals surface area contributed by atoms with Gasteiger partial charge in [-0.05, 0) is 5.56 Å². The third-order valence-electron chi connectivity index (χ3n) is 3.32. The fourth-order valence-corrected chi connectivity index (χ4v) is 2.04. The first-order chi connectivity index (χ1) is 12.2. The van der Waals surface area contributed by atoms with E-state index in [2.05, 4.69) is 30.6 Å². The first-order valence-electron chi connectivity index (χ1n) is 7.52. The average molecular weight is 336 g/mol. The van der Waals surface area contributed by atoms with Crippen LogP contribution >= 0.6 is 0 Å². The van der Waals surface area contributed by atoms with Gasteiger partial charge in [0, 0.05) is 42.5 Å². The van der Waals surface area contributed by atoms with Crippen molar-refractivity contribution in [3.05, 3.63) is 60.7 Å². The number of nitrogens with zero attached hydrogens (tertiary/aromatic N) is 4. The van der Waals surface area contributed by atoms with Crippen molar-refractivity contribution in [2.24, 2.45) is 0 Å². The van der Waals surface area contributed by atoms with Crippen molar-refractivity contribution in [1.82, 2.24) is 25.3 Å². The highest BCUT2D eigenvalue weighted by molar-refractivity contribution is 5.87. The second-order valence-corrected chi connectivity index (χ2v) is 5.05. The van der Waals surface area contributed by atoms with Crippen LogP contribution in [0.15, 0.2) is 55.1 Å². The molecule has 8 heteroatoms. The maximum absolute atomic E-state index is 11.9. The second kappa shape index (κ2) is 7.82. The Kier molecular flexibility index (Phi) is 5.10. The second-order valence-electron chi connectivity index (χ2n) is 5.05. The number of nitrogens with one attached hydrogen (secondary N) is 2. The fraction of sp³-hybridized carbons (Fsp3) is 0.118. The Bertz CT molecular complexity index is 822. The number of hydrogen-bond acceptors (Lipinski definition) is 6. The predicted octanol–water partition coefficient (Wildman–Crippen LogP) is 2.26. The monoisotopic (exact) mass is 336 g/mol. The number of carbonyl (C=O) groups excluding carboxylic acids is 1. The summed E-state index contributed by atoms with van der Waals surface area (Å²) < 4.78 is 4.91. The van der Waals surface area contributed by atoms with Gasteiger partial charge in [-0.2, -0.15) is 0 Å². The highest BCUT2D eigenvalue weighted by atomic mass is 16.5. The van der Waals surface area contributed by atoms with E-state index in [4.69, 9.17) is 4.74 Å². The van der Waals surface area contributed by atoms with Crippen molar-refractivity contribution >= 4 is 12.0 Å². The van der Waals surface area contributed by atoms with Gasteiger partial charge in [-0.15, -0.1) is 0 Å². The quantitative estimate of drug-likeness (QED) is 0.741. The van der Waals surface area contributed by atoms with E-state index in [0.717, 1.165) is 16.7 Å². The summed E-state index contributed by atoms with van der Waals surface area (Å²) in [5.74, 6) is 0.212. The van der Waals surface area contributed by atoms with Gasteiger partial charge < -0.3 is 10.1 Å². The molecule has 0 aliphatic heterocycles. The Balaban J connectivity index is 1.57. The van der Waals surface area contributed by atoms with Crippen molar-refractivity contribution in [2.45, 2.75) is 6.54 Å². The van der Waals surface area contributed by atoms with Crippen LogP contribution in [0.25, 0.3) is 11.1 Å². The molecule has 0 fully saturated rings. The normalized spacial score (nSPS) is 10.1. The molecule has 3 aromatic rings. The number of benzene rings is 1. The van der Waals surface area contributed by atoms with Crippen LogP contribution in [0.4, 0.5) is 10.7 Å². The lowest BCUT2D eigenvalue weighted by Crippen LogP contribution is -2.28. The SMILES string of the molecule is COc1ncc(-c2cnc(NC(=O)NCc3ccccc3)nc2)cn1. The molecule has 2 amide bonds. The zero-order valence-electron chi connectivity index (χ0n) is 13.5. The van der Waals surface area contributed by atoms with Gasteiger partial charge >= 0.3 is 12.0 Å². The van der Waals surface area contributed by atoms with Crippen molar-refractivity contribution in [2.75, 3.05) is 12.4 Å². The van der Waals surface area contributed by atoms with E-state index >= 15 is 0 Å². The van der Waals surface area contributed by atoms with Crippen LogP contribution in [0.5, 0.6) is 6.01 Å². The summed E-state index contributed by atoms with van der Waals surface area (Å²) in [4.78, 5) is 28.2. The number of carbonyl (C=O) groups is 1. The first kappa shape index (κ1) is 16.3. The van der Waals surface area contributed by atoms with Crippen LogP contribution in [0.1, 0.15) is 5.56 Å². The van der Waals surface area contributed by atoms with Gasteiger partial charge in [0.25, 0.3) is 0 Å². The smallest absolute Gasteiger partial charge is 0.321 e. The highest BCUT2D eigenvalue weighted by Crippen LogP contribution is 2.17. The lowest BCUT2D eigenvalue weighted by molar-refractivity contribution is 0.251. The first-order valence-corrected chi connectivity index (χ1v) is 7.52. The van der Waals surface area contributed by atoms with E-state index in [0.29, 0.717) is 6.54 Å².